The number of aliphatic hydroxyl groups is 1. The quantitative estimate of drug-likeness (QED) is 0.0151. The third kappa shape index (κ3) is 21.2. The second-order valence-corrected chi connectivity index (χ2v) is 14.0. The van der Waals surface area contributed by atoms with Gasteiger partial charge >= 0.3 is 11.9 Å². The van der Waals surface area contributed by atoms with Crippen molar-refractivity contribution in [3.05, 3.63) is 107 Å². The zero-order valence-corrected chi connectivity index (χ0v) is 39.2. The highest BCUT2D eigenvalue weighted by molar-refractivity contribution is 5.92. The van der Waals surface area contributed by atoms with E-state index in [-0.39, 0.29) is 37.3 Å². The molecular weight excluding hydrogens is 869 g/mol. The molecule has 0 aliphatic carbocycles. The Morgan fingerprint density at radius 1 is 0.851 bits per heavy atom. The normalized spacial score (nSPS) is 11.3. The molecule has 3 atom stereocenters. The summed E-state index contributed by atoms with van der Waals surface area (Å²) in [4.78, 5) is 95.9. The van der Waals surface area contributed by atoms with Crippen LogP contribution in [0.2, 0.25) is 0 Å². The minimum absolute atomic E-state index is 0.0686. The molecule has 0 radical (unpaired) electrons. The zero-order valence-electron chi connectivity index (χ0n) is 39.2. The van der Waals surface area contributed by atoms with Gasteiger partial charge in [0.15, 0.2) is 12.0 Å². The van der Waals surface area contributed by atoms with Gasteiger partial charge in [-0.2, -0.15) is 0 Å². The van der Waals surface area contributed by atoms with Gasteiger partial charge in [-0.3, -0.25) is 38.4 Å². The van der Waals surface area contributed by atoms with Gasteiger partial charge in [0, 0.05) is 31.6 Å². The van der Waals surface area contributed by atoms with Crippen LogP contribution < -0.4 is 25.4 Å². The molecule has 0 saturated carbocycles. The van der Waals surface area contributed by atoms with Crippen LogP contribution in [0.15, 0.2) is 89.3 Å². The van der Waals surface area contributed by atoms with Gasteiger partial charge in [0.05, 0.1) is 37.9 Å². The van der Waals surface area contributed by atoms with E-state index in [4.69, 9.17) is 28.6 Å². The van der Waals surface area contributed by atoms with Gasteiger partial charge in [0.1, 0.15) is 42.5 Å². The standard InChI is InChI=1S/C27H37N3O7.C12H15NO3.C9H8O3.CH4O/c1-5-8-9-10-21(22(6-2)30(18-32)35-4)26(33)28-17-29-27(34)24-14-13-23(37-24)19-11-12-20(16-31)25(15-19)36-7-3;1-13-11(7-8-14)12(15)16-9-10-5-3-2-4-6-10;1-7(11)12-9-4-2-8(6-10)3-5-9;1-2/h11-16,18,21-22H,5-10,17H2,1-4H3,(H,28,33)(H,29,34);2-6,8,11,13H,7,9H2,1H3;2-6H,1H3;2H,1H3. The summed E-state index contributed by atoms with van der Waals surface area (Å²) in [5.74, 6) is -0.640. The van der Waals surface area contributed by atoms with E-state index in [1.165, 1.54) is 20.1 Å². The number of nitrogens with zero attached hydrogens (tertiary/aromatic N) is 1. The van der Waals surface area contributed by atoms with E-state index in [9.17, 15) is 38.4 Å². The van der Waals surface area contributed by atoms with Gasteiger partial charge in [-0.15, -0.1) is 0 Å². The number of unbranched alkanes of at least 4 members (excludes halogenated alkanes) is 2. The Bertz CT molecular complexity index is 2090. The zero-order chi connectivity index (χ0) is 50.0. The largest absolute Gasteiger partial charge is 0.493 e. The molecule has 0 aliphatic heterocycles. The number of likely N-dealkylation sites (N-methyl/N-ethyl adjacent to an activating group) is 1. The number of aliphatic hydroxyl groups excluding tert-OH is 1. The maximum Gasteiger partial charge on any atom is 0.323 e. The Balaban J connectivity index is 0.000000608. The number of hydrogen-bond donors (Lipinski definition) is 4. The lowest BCUT2D eigenvalue weighted by atomic mass is 9.90. The summed E-state index contributed by atoms with van der Waals surface area (Å²) in [7, 11) is 4.02. The molecule has 18 heteroatoms. The third-order valence-electron chi connectivity index (χ3n) is 9.51. The van der Waals surface area contributed by atoms with Crippen LogP contribution in [-0.2, 0) is 40.2 Å². The van der Waals surface area contributed by atoms with Crippen molar-refractivity contribution >= 4 is 49.0 Å². The van der Waals surface area contributed by atoms with Crippen LogP contribution in [0.1, 0.15) is 103 Å². The summed E-state index contributed by atoms with van der Waals surface area (Å²) >= 11 is 0. The topological polar surface area (TPSA) is 246 Å². The number of aldehydes is 3. The lowest BCUT2D eigenvalue weighted by molar-refractivity contribution is -0.182. The molecule has 3 unspecified atom stereocenters. The van der Waals surface area contributed by atoms with Crippen molar-refractivity contribution in [2.75, 3.05) is 34.5 Å². The number of ether oxygens (including phenoxy) is 3. The molecule has 364 valence electrons. The number of benzene rings is 3. The molecule has 18 nitrogen and oxygen atoms in total. The number of esters is 2. The number of carbonyl (C=O) groups is 8. The maximum absolute atomic E-state index is 13.0. The summed E-state index contributed by atoms with van der Waals surface area (Å²) in [6.07, 6.45) is 6.79. The van der Waals surface area contributed by atoms with Crippen molar-refractivity contribution < 1.29 is 66.9 Å². The molecule has 0 bridgehead atoms. The number of nitrogens with one attached hydrogen (secondary N) is 3. The predicted octanol–water partition coefficient (Wildman–Crippen LogP) is 5.90. The molecule has 4 aromatic rings. The third-order valence-corrected chi connectivity index (χ3v) is 9.51. The van der Waals surface area contributed by atoms with Crippen molar-refractivity contribution in [1.82, 2.24) is 21.0 Å². The Kier molecular flexibility index (Phi) is 29.7. The average molecular weight is 933 g/mol. The highest BCUT2D eigenvalue weighted by Gasteiger charge is 2.31. The SMILES string of the molecule is CC(=O)Oc1ccc(C=O)cc1.CCCCCC(C(=O)NCNC(=O)c1ccc(-c2ccc(C=O)c(OCC)c2)o1)C(CC)N(C=O)OC.CNC(CC=O)C(=O)OCc1ccccc1.CO. The molecule has 3 aromatic carbocycles. The van der Waals surface area contributed by atoms with Crippen LogP contribution in [-0.4, -0.2) is 106 Å². The van der Waals surface area contributed by atoms with Crippen molar-refractivity contribution in [2.24, 2.45) is 5.92 Å². The van der Waals surface area contributed by atoms with E-state index >= 15 is 0 Å². The van der Waals surface area contributed by atoms with Crippen LogP contribution in [0.5, 0.6) is 11.5 Å². The molecule has 4 N–H and O–H groups in total. The Morgan fingerprint density at radius 3 is 2.10 bits per heavy atom. The van der Waals surface area contributed by atoms with E-state index in [0.29, 0.717) is 72.4 Å². The van der Waals surface area contributed by atoms with Gasteiger partial charge in [0.2, 0.25) is 12.3 Å². The fraction of sp³-hybridized carbons (Fsp3) is 0.388. The molecule has 1 aromatic heterocycles. The Labute approximate surface area is 391 Å². The van der Waals surface area contributed by atoms with Crippen molar-refractivity contribution in [3.63, 3.8) is 0 Å². The van der Waals surface area contributed by atoms with E-state index in [2.05, 4.69) is 22.9 Å². The number of rotatable bonds is 25. The molecule has 4 rings (SSSR count). The highest BCUT2D eigenvalue weighted by Crippen LogP contribution is 2.28. The summed E-state index contributed by atoms with van der Waals surface area (Å²) in [5, 5.41) is 16.3. The molecule has 0 spiro atoms. The minimum Gasteiger partial charge on any atom is -0.493 e. The number of hydroxylamine groups is 2. The van der Waals surface area contributed by atoms with Crippen molar-refractivity contribution in [3.8, 4) is 22.8 Å². The van der Waals surface area contributed by atoms with E-state index in [0.717, 1.165) is 43.3 Å². The van der Waals surface area contributed by atoms with Gasteiger partial charge in [-0.25, -0.2) is 5.06 Å². The minimum atomic E-state index is -0.554. The van der Waals surface area contributed by atoms with Crippen LogP contribution in [0.4, 0.5) is 0 Å². The number of amides is 3. The average Bonchev–Trinajstić information content (AvgIpc) is 3.86. The first-order valence-corrected chi connectivity index (χ1v) is 21.6. The van der Waals surface area contributed by atoms with Gasteiger partial charge < -0.3 is 44.5 Å². The first kappa shape index (κ1) is 58.0. The highest BCUT2D eigenvalue weighted by atomic mass is 16.7. The first-order chi connectivity index (χ1) is 32.4. The molecule has 3 amide bonds. The van der Waals surface area contributed by atoms with E-state index < -0.39 is 29.9 Å². The summed E-state index contributed by atoms with van der Waals surface area (Å²) < 4.78 is 21.0. The number of hydrogen-bond acceptors (Lipinski definition) is 15. The summed E-state index contributed by atoms with van der Waals surface area (Å²) in [6.45, 7) is 7.64. The van der Waals surface area contributed by atoms with Crippen molar-refractivity contribution in [2.45, 2.75) is 84.9 Å². The second-order valence-electron chi connectivity index (χ2n) is 14.0. The summed E-state index contributed by atoms with van der Waals surface area (Å²) in [5.41, 5.74) is 2.56. The number of furan rings is 1. The second kappa shape index (κ2) is 34.3. The Morgan fingerprint density at radius 2 is 1.55 bits per heavy atom. The lowest BCUT2D eigenvalue weighted by Crippen LogP contribution is -2.48. The first-order valence-electron chi connectivity index (χ1n) is 21.6. The molecule has 0 aliphatic rings. The van der Waals surface area contributed by atoms with Gasteiger partial charge in [-0.1, -0.05) is 69.5 Å². The van der Waals surface area contributed by atoms with Gasteiger partial charge in [0.25, 0.3) is 5.91 Å². The molecular formula is C49H64N4O14. The van der Waals surface area contributed by atoms with Crippen molar-refractivity contribution in [1.29, 1.82) is 0 Å². The van der Waals surface area contributed by atoms with E-state index in [1.54, 1.807) is 55.6 Å². The molecule has 1 heterocycles. The fourth-order valence-corrected chi connectivity index (χ4v) is 6.16. The van der Waals surface area contributed by atoms with Gasteiger partial charge in [-0.05, 0) is 80.9 Å². The van der Waals surface area contributed by atoms with E-state index in [1.807, 2.05) is 44.2 Å². The molecule has 0 saturated heterocycles. The Hall–Kier alpha value is -7.02. The molecule has 0 fully saturated rings. The smallest absolute Gasteiger partial charge is 0.323 e. The maximum atomic E-state index is 13.0. The monoisotopic (exact) mass is 932 g/mol. The summed E-state index contributed by atoms with van der Waals surface area (Å²) in [6, 6.07) is 22.9. The van der Waals surface area contributed by atoms with Crippen LogP contribution >= 0.6 is 0 Å². The molecule has 67 heavy (non-hydrogen) atoms. The predicted molar refractivity (Wildman–Crippen MR) is 249 cm³/mol. The number of carbonyl (C=O) groups excluding carboxylic acids is 8. The lowest BCUT2D eigenvalue weighted by Gasteiger charge is -2.31. The van der Waals surface area contributed by atoms with Crippen LogP contribution in [0, 0.1) is 5.92 Å². The fourth-order valence-electron chi connectivity index (χ4n) is 6.16. The van der Waals surface area contributed by atoms with Crippen LogP contribution in [0.3, 0.4) is 0 Å². The van der Waals surface area contributed by atoms with Crippen LogP contribution in [0.25, 0.3) is 11.3 Å².